The Morgan fingerprint density at radius 1 is 0.926 bits per heavy atom. The van der Waals surface area contributed by atoms with Crippen LogP contribution in [0.15, 0.2) is 73.1 Å². The van der Waals surface area contributed by atoms with E-state index >= 15 is 0 Å². The van der Waals surface area contributed by atoms with Crippen LogP contribution in [0, 0.1) is 0 Å². The molecule has 0 unspecified atom stereocenters. The maximum absolute atomic E-state index is 4.78. The fraction of sp³-hybridized carbons (Fsp3) is 0.217. The summed E-state index contributed by atoms with van der Waals surface area (Å²) in [6, 6.07) is 21.0. The Kier molecular flexibility index (Phi) is 4.40. The van der Waals surface area contributed by atoms with Crippen molar-refractivity contribution < 1.29 is 0 Å². The van der Waals surface area contributed by atoms with Crippen LogP contribution in [0.4, 0.5) is 5.82 Å². The molecule has 4 heteroatoms. The van der Waals surface area contributed by atoms with E-state index < -0.39 is 0 Å². The van der Waals surface area contributed by atoms with Gasteiger partial charge in [0, 0.05) is 24.5 Å². The van der Waals surface area contributed by atoms with E-state index in [0.29, 0.717) is 5.78 Å². The largest absolute Gasteiger partial charge is 0.365 e. The number of aromatic nitrogens is 3. The summed E-state index contributed by atoms with van der Waals surface area (Å²) in [6.07, 6.45) is 3.77. The Bertz CT molecular complexity index is 1040. The van der Waals surface area contributed by atoms with Crippen molar-refractivity contribution in [2.45, 2.75) is 32.7 Å². The summed E-state index contributed by atoms with van der Waals surface area (Å²) in [4.78, 5) is 9.19. The van der Waals surface area contributed by atoms with E-state index in [4.69, 9.17) is 4.98 Å². The first kappa shape index (κ1) is 17.3. The van der Waals surface area contributed by atoms with Crippen LogP contribution in [-0.4, -0.2) is 14.4 Å². The minimum Gasteiger partial charge on any atom is -0.365 e. The molecule has 0 radical (unpaired) electrons. The molecule has 0 atom stereocenters. The molecule has 4 aromatic rings. The van der Waals surface area contributed by atoms with E-state index in [1.165, 1.54) is 11.1 Å². The normalized spacial score (nSPS) is 11.7. The number of anilines is 1. The molecule has 2 aromatic heterocycles. The molecule has 0 aliphatic carbocycles. The predicted molar refractivity (Wildman–Crippen MR) is 111 cm³/mol. The number of benzene rings is 2. The van der Waals surface area contributed by atoms with Gasteiger partial charge in [0.15, 0.2) is 0 Å². The van der Waals surface area contributed by atoms with E-state index in [9.17, 15) is 0 Å². The van der Waals surface area contributed by atoms with E-state index in [1.807, 2.05) is 22.7 Å². The zero-order chi connectivity index (χ0) is 18.9. The molecule has 0 spiro atoms. The fourth-order valence-electron chi connectivity index (χ4n) is 3.17. The number of hydrogen-bond acceptors (Lipinski definition) is 3. The molecule has 0 aliphatic rings. The van der Waals surface area contributed by atoms with Crippen LogP contribution in [0.25, 0.3) is 17.0 Å². The Balaban J connectivity index is 1.73. The molecule has 136 valence electrons. The monoisotopic (exact) mass is 356 g/mol. The molecule has 0 amide bonds. The number of imidazole rings is 1. The van der Waals surface area contributed by atoms with Crippen molar-refractivity contribution in [2.24, 2.45) is 0 Å². The highest BCUT2D eigenvalue weighted by Crippen LogP contribution is 2.31. The smallest absolute Gasteiger partial charge is 0.235 e. The molecule has 0 saturated carbocycles. The zero-order valence-electron chi connectivity index (χ0n) is 16.0. The third-order valence-electron chi connectivity index (χ3n) is 4.73. The van der Waals surface area contributed by atoms with E-state index in [-0.39, 0.29) is 5.41 Å². The van der Waals surface area contributed by atoms with E-state index in [0.717, 1.165) is 23.6 Å². The van der Waals surface area contributed by atoms with E-state index in [1.54, 1.807) is 6.20 Å². The summed E-state index contributed by atoms with van der Waals surface area (Å²) in [5, 5.41) is 3.56. The Morgan fingerprint density at radius 2 is 1.67 bits per heavy atom. The summed E-state index contributed by atoms with van der Waals surface area (Å²) in [7, 11) is 0. The lowest BCUT2D eigenvalue weighted by Crippen LogP contribution is -2.10. The highest BCUT2D eigenvalue weighted by Gasteiger charge is 2.17. The second-order valence-corrected chi connectivity index (χ2v) is 7.77. The highest BCUT2D eigenvalue weighted by molar-refractivity contribution is 5.75. The van der Waals surface area contributed by atoms with E-state index in [2.05, 4.69) is 79.6 Å². The topological polar surface area (TPSA) is 42.2 Å². The minimum absolute atomic E-state index is 0.132. The van der Waals surface area contributed by atoms with Gasteiger partial charge < -0.3 is 5.32 Å². The third-order valence-corrected chi connectivity index (χ3v) is 4.73. The Hall–Kier alpha value is -3.14. The number of nitrogens with one attached hydrogen (secondary N) is 1. The zero-order valence-corrected chi connectivity index (χ0v) is 16.0. The number of nitrogens with zero attached hydrogens (tertiary/aromatic N) is 3. The third kappa shape index (κ3) is 3.56. The molecule has 27 heavy (non-hydrogen) atoms. The Labute approximate surface area is 159 Å². The second-order valence-electron chi connectivity index (χ2n) is 7.77. The molecule has 0 bridgehead atoms. The molecule has 0 saturated heterocycles. The van der Waals surface area contributed by atoms with Crippen molar-refractivity contribution in [3.63, 3.8) is 0 Å². The first-order valence-electron chi connectivity index (χ1n) is 9.24. The average molecular weight is 356 g/mol. The van der Waals surface area contributed by atoms with Crippen LogP contribution in [0.2, 0.25) is 0 Å². The molecule has 2 aromatic carbocycles. The van der Waals surface area contributed by atoms with Crippen molar-refractivity contribution in [3.8, 4) is 11.3 Å². The number of fused-ring (bicyclic) bond motifs is 1. The van der Waals surface area contributed by atoms with Crippen LogP contribution in [0.5, 0.6) is 0 Å². The number of rotatable bonds is 4. The van der Waals surface area contributed by atoms with Crippen molar-refractivity contribution >= 4 is 11.6 Å². The van der Waals surface area contributed by atoms with Crippen molar-refractivity contribution in [1.29, 1.82) is 0 Å². The van der Waals surface area contributed by atoms with Crippen LogP contribution < -0.4 is 5.32 Å². The molecular weight excluding hydrogens is 332 g/mol. The highest BCUT2D eigenvalue weighted by atomic mass is 15.2. The molecular formula is C23H24N4. The standard InChI is InChI=1S/C23H24N4/c1-23(2,3)19-12-10-18(11-13-19)20-21(25-16-17-8-5-4-6-9-17)27-15-7-14-24-22(27)26-20/h4-15,25H,16H2,1-3H3. The van der Waals surface area contributed by atoms with Crippen LogP contribution >= 0.6 is 0 Å². The summed E-state index contributed by atoms with van der Waals surface area (Å²) in [5.41, 5.74) is 4.68. The maximum Gasteiger partial charge on any atom is 0.235 e. The molecule has 4 rings (SSSR count). The summed E-state index contributed by atoms with van der Waals surface area (Å²) in [6.45, 7) is 7.41. The fourth-order valence-corrected chi connectivity index (χ4v) is 3.17. The van der Waals surface area contributed by atoms with Gasteiger partial charge in [-0.2, -0.15) is 0 Å². The second kappa shape index (κ2) is 6.88. The lowest BCUT2D eigenvalue weighted by atomic mass is 9.86. The first-order valence-corrected chi connectivity index (χ1v) is 9.24. The van der Waals surface area contributed by atoms with Gasteiger partial charge >= 0.3 is 0 Å². The van der Waals surface area contributed by atoms with Crippen molar-refractivity contribution in [3.05, 3.63) is 84.2 Å². The lowest BCUT2D eigenvalue weighted by molar-refractivity contribution is 0.590. The van der Waals surface area contributed by atoms with Crippen LogP contribution in [0.1, 0.15) is 31.9 Å². The van der Waals surface area contributed by atoms with Crippen LogP contribution in [0.3, 0.4) is 0 Å². The molecule has 2 heterocycles. The van der Waals surface area contributed by atoms with Gasteiger partial charge in [-0.3, -0.25) is 4.40 Å². The van der Waals surface area contributed by atoms with Gasteiger partial charge in [0.2, 0.25) is 5.78 Å². The first-order chi connectivity index (χ1) is 13.0. The van der Waals surface area contributed by atoms with Gasteiger partial charge in [-0.1, -0.05) is 75.4 Å². The average Bonchev–Trinajstić information content (AvgIpc) is 3.05. The predicted octanol–water partition coefficient (Wildman–Crippen LogP) is 5.31. The SMILES string of the molecule is CC(C)(C)c1ccc(-c2nc3ncccn3c2NCc2ccccc2)cc1. The Morgan fingerprint density at radius 3 is 2.37 bits per heavy atom. The molecule has 0 aliphatic heterocycles. The van der Waals surface area contributed by atoms with Gasteiger partial charge in [-0.05, 0) is 22.6 Å². The van der Waals surface area contributed by atoms with Crippen molar-refractivity contribution in [1.82, 2.24) is 14.4 Å². The summed E-state index contributed by atoms with van der Waals surface area (Å²) < 4.78 is 2.01. The molecule has 0 fully saturated rings. The molecule has 1 N–H and O–H groups in total. The van der Waals surface area contributed by atoms with Gasteiger partial charge in [-0.25, -0.2) is 9.97 Å². The minimum atomic E-state index is 0.132. The van der Waals surface area contributed by atoms with Crippen molar-refractivity contribution in [2.75, 3.05) is 5.32 Å². The quantitative estimate of drug-likeness (QED) is 0.539. The van der Waals surface area contributed by atoms with Gasteiger partial charge in [0.25, 0.3) is 0 Å². The lowest BCUT2D eigenvalue weighted by Gasteiger charge is -2.19. The molecule has 4 nitrogen and oxygen atoms in total. The summed E-state index contributed by atoms with van der Waals surface area (Å²) >= 11 is 0. The van der Waals surface area contributed by atoms with Gasteiger partial charge in [-0.15, -0.1) is 0 Å². The van der Waals surface area contributed by atoms with Gasteiger partial charge in [0.1, 0.15) is 11.5 Å². The van der Waals surface area contributed by atoms with Crippen LogP contribution in [-0.2, 0) is 12.0 Å². The summed E-state index contributed by atoms with van der Waals surface area (Å²) in [5.74, 6) is 1.66. The van der Waals surface area contributed by atoms with Gasteiger partial charge in [0.05, 0.1) is 0 Å². The number of hydrogen-bond donors (Lipinski definition) is 1. The maximum atomic E-state index is 4.78.